The van der Waals surface area contributed by atoms with Gasteiger partial charge in [-0.25, -0.2) is 0 Å². The molecule has 20 nitrogen and oxygen atoms in total. The molecule has 0 saturated carbocycles. The molecule has 632 valence electrons. The molecule has 2 aliphatic rings. The average Bonchev–Trinajstić information content (AvgIpc) is 0.823. The number of hydrogen-bond acceptors (Lipinski definition) is 18. The molecular weight excluding hydrogens is 1370 g/mol. The van der Waals surface area contributed by atoms with Crippen molar-refractivity contribution in [3.05, 3.63) is 72.9 Å². The molecule has 108 heavy (non-hydrogen) atoms. The smallest absolute Gasteiger partial charge is 0.220 e. The number of aliphatic hydroxyl groups is 12. The molecule has 14 N–H and O–H groups in total. The molecule has 2 heterocycles. The minimum atomic E-state index is -1.62. The maximum atomic E-state index is 13.0. The zero-order valence-electron chi connectivity index (χ0n) is 68.2. The minimum Gasteiger partial charge on any atom is -0.394 e. The van der Waals surface area contributed by atoms with Gasteiger partial charge in [-0.05, 0) is 96.3 Å². The standard InChI is InChI=1S/C44H83NO9.C44H79NO9/c2*1-3-5-7-9-11-13-15-17-18-19-20-21-23-25-27-29-31-33-39(48)45-36(35-53-44-43(52)42(51)41(50)38(34-46)54-44)40(49)37(47)32-30-28-26-24-22-16-14-12-10-8-6-4-2/h11,13,17-18,36-38,40-44,46-47,49-52H,3-10,12,14-16,19-35H2,1-2H3,(H,45,48);11,13,17-18,20-21,25,27,36-38,40-44,46-47,49-52H,3-10,12,14-16,19,22-24,26,28-35H2,1-2H3,(H,45,48)/b13-11-,18-17-;13-11-,18-17-,21-20-,27-25-/t36-,37+,38?,40-,41-,42-,43?,44-;36-,37+,38?,40-,41?,42?,43?,44?/m00/s1. The van der Waals surface area contributed by atoms with E-state index >= 15 is 0 Å². The first-order valence-corrected chi connectivity index (χ1v) is 43.6. The van der Waals surface area contributed by atoms with Gasteiger partial charge >= 0.3 is 0 Å². The van der Waals surface area contributed by atoms with Crippen LogP contribution >= 0.6 is 0 Å². The van der Waals surface area contributed by atoms with Crippen molar-refractivity contribution in [3.8, 4) is 0 Å². The van der Waals surface area contributed by atoms with Crippen molar-refractivity contribution in [1.82, 2.24) is 10.6 Å². The number of carbonyl (C=O) groups is 2. The summed E-state index contributed by atoms with van der Waals surface area (Å²) in [5.41, 5.74) is 0. The van der Waals surface area contributed by atoms with E-state index in [9.17, 15) is 70.9 Å². The van der Waals surface area contributed by atoms with Crippen LogP contribution in [-0.2, 0) is 28.5 Å². The number of carbonyl (C=O) groups excluding carboxylic acids is 2. The molecular formula is C88H162N2O18. The van der Waals surface area contributed by atoms with Crippen molar-refractivity contribution in [2.24, 2.45) is 0 Å². The van der Waals surface area contributed by atoms with Crippen LogP contribution in [0.25, 0.3) is 0 Å². The number of unbranched alkanes of at least 4 members (excludes halogenated alkanes) is 36. The molecule has 2 rings (SSSR count). The van der Waals surface area contributed by atoms with E-state index in [2.05, 4.69) is 105 Å². The van der Waals surface area contributed by atoms with Gasteiger partial charge in [0.2, 0.25) is 11.8 Å². The van der Waals surface area contributed by atoms with Crippen LogP contribution in [0.3, 0.4) is 0 Å². The summed E-state index contributed by atoms with van der Waals surface area (Å²) in [6.45, 7) is 7.07. The van der Waals surface area contributed by atoms with Gasteiger partial charge < -0.3 is 90.9 Å². The third kappa shape index (κ3) is 53.7. The molecule has 2 saturated heterocycles. The summed E-state index contributed by atoms with van der Waals surface area (Å²) in [4.78, 5) is 25.9. The summed E-state index contributed by atoms with van der Waals surface area (Å²) in [7, 11) is 0. The summed E-state index contributed by atoms with van der Waals surface area (Å²) >= 11 is 0. The highest BCUT2D eigenvalue weighted by Crippen LogP contribution is 2.26. The Balaban J connectivity index is 0.00000108. The Morgan fingerprint density at radius 1 is 0.324 bits per heavy atom. The van der Waals surface area contributed by atoms with Crippen molar-refractivity contribution < 1.29 is 89.8 Å². The van der Waals surface area contributed by atoms with Crippen LogP contribution in [0.2, 0.25) is 0 Å². The third-order valence-electron chi connectivity index (χ3n) is 20.7. The van der Waals surface area contributed by atoms with Gasteiger partial charge in [0, 0.05) is 12.8 Å². The van der Waals surface area contributed by atoms with E-state index in [4.69, 9.17) is 18.9 Å². The van der Waals surface area contributed by atoms with Crippen LogP contribution < -0.4 is 10.6 Å². The lowest BCUT2D eigenvalue weighted by Gasteiger charge is -2.40. The predicted octanol–water partition coefficient (Wildman–Crippen LogP) is 14.9. The lowest BCUT2D eigenvalue weighted by atomic mass is 9.98. The molecule has 16 atom stereocenters. The van der Waals surface area contributed by atoms with Gasteiger partial charge in [0.15, 0.2) is 12.6 Å². The van der Waals surface area contributed by atoms with E-state index in [1.165, 1.54) is 167 Å². The number of rotatable bonds is 70. The first-order chi connectivity index (χ1) is 52.5. The number of nitrogens with one attached hydrogen (secondary N) is 2. The maximum Gasteiger partial charge on any atom is 0.220 e. The minimum absolute atomic E-state index is 0.204. The molecule has 0 aromatic carbocycles. The van der Waals surface area contributed by atoms with Gasteiger partial charge in [-0.3, -0.25) is 9.59 Å². The molecule has 0 radical (unpaired) electrons. The summed E-state index contributed by atoms with van der Waals surface area (Å²) < 4.78 is 22.2. The molecule has 0 aliphatic carbocycles. The number of allylic oxidation sites excluding steroid dienone is 12. The third-order valence-corrected chi connectivity index (χ3v) is 20.7. The van der Waals surface area contributed by atoms with E-state index in [1.807, 2.05) is 6.08 Å². The highest BCUT2D eigenvalue weighted by atomic mass is 16.7. The first-order valence-electron chi connectivity index (χ1n) is 43.6. The molecule has 0 spiro atoms. The second-order valence-electron chi connectivity index (χ2n) is 30.5. The Bertz CT molecular complexity index is 2220. The van der Waals surface area contributed by atoms with Crippen LogP contribution in [0.1, 0.15) is 349 Å². The number of ether oxygens (including phenoxy) is 4. The number of aliphatic hydroxyl groups excluding tert-OH is 12. The highest BCUT2D eigenvalue weighted by molar-refractivity contribution is 5.76. The van der Waals surface area contributed by atoms with Crippen molar-refractivity contribution in [1.29, 1.82) is 0 Å². The molecule has 0 bridgehead atoms. The summed E-state index contributed by atoms with van der Waals surface area (Å²) in [5, 5.41) is 130. The van der Waals surface area contributed by atoms with Gasteiger partial charge in [-0.1, -0.05) is 312 Å². The van der Waals surface area contributed by atoms with Gasteiger partial charge in [-0.15, -0.1) is 0 Å². The quantitative estimate of drug-likeness (QED) is 0.0199. The van der Waals surface area contributed by atoms with Gasteiger partial charge in [0.25, 0.3) is 0 Å². The molecule has 2 fully saturated rings. The summed E-state index contributed by atoms with van der Waals surface area (Å²) in [6, 6.07) is -2.01. The van der Waals surface area contributed by atoms with Crippen LogP contribution in [0, 0.1) is 0 Å². The number of amides is 2. The zero-order valence-corrected chi connectivity index (χ0v) is 68.2. The Morgan fingerprint density at radius 2 is 0.574 bits per heavy atom. The predicted molar refractivity (Wildman–Crippen MR) is 436 cm³/mol. The Morgan fingerprint density at radius 3 is 0.889 bits per heavy atom. The van der Waals surface area contributed by atoms with Gasteiger partial charge in [-0.2, -0.15) is 0 Å². The van der Waals surface area contributed by atoms with E-state index < -0.39 is 111 Å². The van der Waals surface area contributed by atoms with E-state index in [-0.39, 0.29) is 37.9 Å². The van der Waals surface area contributed by atoms with E-state index in [1.54, 1.807) is 0 Å². The lowest BCUT2D eigenvalue weighted by Crippen LogP contribution is -2.60. The SMILES string of the molecule is CCCCC/C=C\C/C=C\C/C=C\C/C=C\CCCC(=O)N[C@@H](COC1OC(CO)C(O)C(O)C1O)[C@H](O)[C@H](O)CCCCCCCCCCCCCC.CCCCC/C=C\C/C=C\CCCCCCCCCC(=O)N[C@@H](CO[C@H]1OC(CO)[C@H](O)[C@H](O)C1O)[C@H](O)[C@H](O)CCCCCCCCCCCCCC. The summed E-state index contributed by atoms with van der Waals surface area (Å²) in [6.07, 6.45) is 60.1. The molecule has 2 aliphatic heterocycles. The second-order valence-corrected chi connectivity index (χ2v) is 30.5. The molecule has 0 aromatic rings. The molecule has 2 amide bonds. The maximum absolute atomic E-state index is 13.0. The molecule has 20 heteroatoms. The van der Waals surface area contributed by atoms with Crippen molar-refractivity contribution >= 4 is 11.8 Å². The van der Waals surface area contributed by atoms with Crippen molar-refractivity contribution in [2.45, 2.75) is 447 Å². The first kappa shape index (κ1) is 103. The average molecular weight is 1540 g/mol. The van der Waals surface area contributed by atoms with Crippen LogP contribution in [0.4, 0.5) is 0 Å². The zero-order chi connectivity index (χ0) is 79.3. The fourth-order valence-corrected chi connectivity index (χ4v) is 13.5. The van der Waals surface area contributed by atoms with Gasteiger partial charge in [0.05, 0.1) is 50.7 Å². The normalized spacial score (nSPS) is 22.4. The second kappa shape index (κ2) is 72.7. The topological polar surface area (TPSA) is 338 Å². The largest absolute Gasteiger partial charge is 0.394 e. The Kier molecular flexibility index (Phi) is 69.2. The number of hydrogen-bond donors (Lipinski definition) is 14. The molecule has 0 aromatic heterocycles. The Labute approximate surface area is 655 Å². The fourth-order valence-electron chi connectivity index (χ4n) is 13.5. The fraction of sp³-hybridized carbons (Fsp3) is 0.841. The van der Waals surface area contributed by atoms with E-state index in [0.717, 1.165) is 109 Å². The van der Waals surface area contributed by atoms with Crippen LogP contribution in [0.15, 0.2) is 72.9 Å². The lowest BCUT2D eigenvalue weighted by molar-refractivity contribution is -0.303. The van der Waals surface area contributed by atoms with Crippen LogP contribution in [-0.4, -0.2) is 197 Å². The van der Waals surface area contributed by atoms with E-state index in [0.29, 0.717) is 32.1 Å². The Hall–Kier alpha value is -3.26. The molecule has 7 unspecified atom stereocenters. The van der Waals surface area contributed by atoms with Crippen molar-refractivity contribution in [3.63, 3.8) is 0 Å². The van der Waals surface area contributed by atoms with Crippen molar-refractivity contribution in [2.75, 3.05) is 26.4 Å². The summed E-state index contributed by atoms with van der Waals surface area (Å²) in [5.74, 6) is -0.582. The van der Waals surface area contributed by atoms with Gasteiger partial charge in [0.1, 0.15) is 61.0 Å². The van der Waals surface area contributed by atoms with Crippen LogP contribution in [0.5, 0.6) is 0 Å². The monoisotopic (exact) mass is 1540 g/mol. The highest BCUT2D eigenvalue weighted by Gasteiger charge is 2.46.